The summed E-state index contributed by atoms with van der Waals surface area (Å²) in [7, 11) is 0. The van der Waals surface area contributed by atoms with Gasteiger partial charge >= 0.3 is 5.97 Å². The Morgan fingerprint density at radius 1 is 1.19 bits per heavy atom. The number of anilines is 3. The Morgan fingerprint density at radius 2 is 1.96 bits per heavy atom. The molecule has 0 atom stereocenters. The van der Waals surface area contributed by atoms with Crippen LogP contribution >= 0.6 is 0 Å². The summed E-state index contributed by atoms with van der Waals surface area (Å²) in [4.78, 5) is 30.9. The number of hydrogen-bond donors (Lipinski definition) is 4. The van der Waals surface area contributed by atoms with Crippen LogP contribution in [0.15, 0.2) is 18.2 Å². The maximum absolute atomic E-state index is 12.0. The monoisotopic (exact) mass is 357 g/mol. The number of benzene rings is 1. The number of carboxylic acid groups (broad SMARTS) is 1. The number of amides is 1. The largest absolute Gasteiger partial charge is 0.481 e. The molecule has 2 aromatic rings. The predicted molar refractivity (Wildman–Crippen MR) is 99.9 cm³/mol. The fourth-order valence-corrected chi connectivity index (χ4v) is 3.24. The van der Waals surface area contributed by atoms with Crippen LogP contribution in [0.2, 0.25) is 0 Å². The van der Waals surface area contributed by atoms with E-state index in [2.05, 4.69) is 20.6 Å². The van der Waals surface area contributed by atoms with Crippen LogP contribution in [0, 0.1) is 5.92 Å². The van der Waals surface area contributed by atoms with Gasteiger partial charge in [-0.1, -0.05) is 12.8 Å². The van der Waals surface area contributed by atoms with Crippen molar-refractivity contribution in [2.45, 2.75) is 38.5 Å². The summed E-state index contributed by atoms with van der Waals surface area (Å²) in [5, 5.41) is 15.4. The Labute approximate surface area is 151 Å². The van der Waals surface area contributed by atoms with Gasteiger partial charge in [0.15, 0.2) is 0 Å². The maximum Gasteiger partial charge on any atom is 0.303 e. The summed E-state index contributed by atoms with van der Waals surface area (Å²) >= 11 is 0. The Hall–Kier alpha value is -2.90. The Balaban J connectivity index is 1.78. The van der Waals surface area contributed by atoms with Crippen LogP contribution in [0.5, 0.6) is 0 Å². The van der Waals surface area contributed by atoms with Crippen molar-refractivity contribution in [3.8, 4) is 0 Å². The fraction of sp³-hybridized carbons (Fsp3) is 0.444. The van der Waals surface area contributed by atoms with Crippen LogP contribution < -0.4 is 16.4 Å². The first-order chi connectivity index (χ1) is 12.5. The first-order valence-electron chi connectivity index (χ1n) is 8.84. The van der Waals surface area contributed by atoms with E-state index in [9.17, 15) is 9.59 Å². The Bertz CT molecular complexity index is 818. The molecule has 1 fully saturated rings. The molecule has 8 heteroatoms. The number of nitrogens with zero attached hydrogens (tertiary/aromatic N) is 2. The van der Waals surface area contributed by atoms with Crippen molar-refractivity contribution in [1.29, 1.82) is 0 Å². The van der Waals surface area contributed by atoms with E-state index >= 15 is 0 Å². The van der Waals surface area contributed by atoms with Gasteiger partial charge < -0.3 is 21.5 Å². The molecular weight excluding hydrogens is 334 g/mol. The molecule has 1 aliphatic carbocycles. The number of aromatic nitrogens is 2. The molecule has 1 saturated carbocycles. The van der Waals surface area contributed by atoms with Crippen LogP contribution in [-0.4, -0.2) is 33.5 Å². The lowest BCUT2D eigenvalue weighted by molar-refractivity contribution is -0.138. The highest BCUT2D eigenvalue weighted by molar-refractivity contribution is 6.01. The molecule has 26 heavy (non-hydrogen) atoms. The second-order valence-electron chi connectivity index (χ2n) is 6.64. The Morgan fingerprint density at radius 3 is 2.69 bits per heavy atom. The maximum atomic E-state index is 12.0. The lowest BCUT2D eigenvalue weighted by Crippen LogP contribution is -2.15. The SMILES string of the molecule is Nc1nc(NC(=O)CCC(=O)O)c2cc(NCC3CCCC3)ccc2n1. The van der Waals surface area contributed by atoms with Crippen molar-refractivity contribution in [3.63, 3.8) is 0 Å². The molecule has 0 spiro atoms. The van der Waals surface area contributed by atoms with Crippen molar-refractivity contribution in [3.05, 3.63) is 18.2 Å². The molecule has 1 aromatic heterocycles. The lowest BCUT2D eigenvalue weighted by Gasteiger charge is -2.13. The van der Waals surface area contributed by atoms with Gasteiger partial charge in [0.05, 0.1) is 11.9 Å². The highest BCUT2D eigenvalue weighted by atomic mass is 16.4. The minimum atomic E-state index is -1.02. The topological polar surface area (TPSA) is 130 Å². The van der Waals surface area contributed by atoms with Crippen molar-refractivity contribution in [2.75, 3.05) is 22.9 Å². The average Bonchev–Trinajstić information content (AvgIpc) is 3.12. The molecule has 3 rings (SSSR count). The van der Waals surface area contributed by atoms with Crippen LogP contribution in [0.4, 0.5) is 17.5 Å². The zero-order chi connectivity index (χ0) is 18.5. The van der Waals surface area contributed by atoms with Crippen molar-refractivity contribution in [2.24, 2.45) is 5.92 Å². The van der Waals surface area contributed by atoms with E-state index in [0.717, 1.165) is 12.2 Å². The number of rotatable bonds is 7. The average molecular weight is 357 g/mol. The summed E-state index contributed by atoms with van der Waals surface area (Å²) in [6, 6.07) is 5.65. The molecular formula is C18H23N5O3. The zero-order valence-corrected chi connectivity index (χ0v) is 14.5. The van der Waals surface area contributed by atoms with Crippen LogP contribution in [0.25, 0.3) is 10.9 Å². The molecule has 0 saturated heterocycles. The van der Waals surface area contributed by atoms with Crippen LogP contribution in [-0.2, 0) is 9.59 Å². The van der Waals surface area contributed by atoms with Gasteiger partial charge in [-0.15, -0.1) is 0 Å². The number of hydrogen-bond acceptors (Lipinski definition) is 6. The fourth-order valence-electron chi connectivity index (χ4n) is 3.24. The highest BCUT2D eigenvalue weighted by Crippen LogP contribution is 2.27. The molecule has 0 radical (unpaired) electrons. The number of fused-ring (bicyclic) bond motifs is 1. The molecule has 0 unspecified atom stereocenters. The molecule has 8 nitrogen and oxygen atoms in total. The Kier molecular flexibility index (Phi) is 5.50. The van der Waals surface area contributed by atoms with E-state index in [-0.39, 0.29) is 18.8 Å². The van der Waals surface area contributed by atoms with E-state index in [1.165, 1.54) is 25.7 Å². The molecule has 5 N–H and O–H groups in total. The summed E-state index contributed by atoms with van der Waals surface area (Å²) in [5.74, 6) is -0.393. The lowest BCUT2D eigenvalue weighted by atomic mass is 10.1. The van der Waals surface area contributed by atoms with Gasteiger partial charge in [-0.3, -0.25) is 9.59 Å². The van der Waals surface area contributed by atoms with E-state index in [1.54, 1.807) is 0 Å². The predicted octanol–water partition coefficient (Wildman–Crippen LogP) is 2.62. The standard InChI is InChI=1S/C18H23N5O3/c19-18-21-14-6-5-12(20-10-11-3-1-2-4-11)9-13(14)17(23-18)22-15(24)7-8-16(25)26/h5-6,9,11,20H,1-4,7-8,10H2,(H,25,26)(H3,19,21,22,23,24). The third kappa shape index (κ3) is 4.59. The number of nitrogen functional groups attached to an aromatic ring is 1. The molecule has 1 heterocycles. The molecule has 1 aromatic carbocycles. The van der Waals surface area contributed by atoms with Crippen LogP contribution in [0.3, 0.4) is 0 Å². The van der Waals surface area contributed by atoms with Gasteiger partial charge in [0, 0.05) is 24.0 Å². The molecule has 138 valence electrons. The first kappa shape index (κ1) is 17.9. The number of carboxylic acids is 1. The van der Waals surface area contributed by atoms with Gasteiger partial charge in [-0.2, -0.15) is 4.98 Å². The second kappa shape index (κ2) is 7.99. The first-order valence-corrected chi connectivity index (χ1v) is 8.84. The molecule has 0 bridgehead atoms. The third-order valence-electron chi connectivity index (χ3n) is 4.61. The van der Waals surface area contributed by atoms with Crippen molar-refractivity contribution in [1.82, 2.24) is 9.97 Å². The van der Waals surface area contributed by atoms with E-state index in [4.69, 9.17) is 10.8 Å². The quantitative estimate of drug-likeness (QED) is 0.599. The molecule has 1 aliphatic rings. The van der Waals surface area contributed by atoms with E-state index < -0.39 is 11.9 Å². The van der Waals surface area contributed by atoms with Crippen molar-refractivity contribution < 1.29 is 14.7 Å². The normalized spacial score (nSPS) is 14.5. The third-order valence-corrected chi connectivity index (χ3v) is 4.61. The molecule has 1 amide bonds. The minimum Gasteiger partial charge on any atom is -0.481 e. The minimum absolute atomic E-state index is 0.0534. The zero-order valence-electron chi connectivity index (χ0n) is 14.5. The summed E-state index contributed by atoms with van der Waals surface area (Å²) in [6.45, 7) is 0.918. The number of aliphatic carboxylic acids is 1. The summed E-state index contributed by atoms with van der Waals surface area (Å²) in [5.41, 5.74) is 7.27. The summed E-state index contributed by atoms with van der Waals surface area (Å²) in [6.07, 6.45) is 4.74. The van der Waals surface area contributed by atoms with Gasteiger partial charge in [0.25, 0.3) is 0 Å². The summed E-state index contributed by atoms with van der Waals surface area (Å²) < 4.78 is 0. The van der Waals surface area contributed by atoms with Gasteiger partial charge in [-0.05, 0) is 37.0 Å². The number of nitrogens with two attached hydrogens (primary N) is 1. The van der Waals surface area contributed by atoms with Gasteiger partial charge in [-0.25, -0.2) is 4.98 Å². The smallest absolute Gasteiger partial charge is 0.303 e. The number of nitrogens with one attached hydrogen (secondary N) is 2. The molecule has 0 aliphatic heterocycles. The van der Waals surface area contributed by atoms with Crippen LogP contribution in [0.1, 0.15) is 38.5 Å². The van der Waals surface area contributed by atoms with Gasteiger partial charge in [0.2, 0.25) is 11.9 Å². The highest BCUT2D eigenvalue weighted by Gasteiger charge is 2.15. The van der Waals surface area contributed by atoms with E-state index in [0.29, 0.717) is 22.6 Å². The second-order valence-corrected chi connectivity index (χ2v) is 6.64. The van der Waals surface area contributed by atoms with E-state index in [1.807, 2.05) is 18.2 Å². The van der Waals surface area contributed by atoms with Gasteiger partial charge in [0.1, 0.15) is 5.82 Å². The number of carbonyl (C=O) groups excluding carboxylic acids is 1. The van der Waals surface area contributed by atoms with Crippen molar-refractivity contribution >= 4 is 40.2 Å². The number of carbonyl (C=O) groups is 2.